The molecule has 0 unspecified atom stereocenters. The van der Waals surface area contributed by atoms with Crippen molar-refractivity contribution in [3.63, 3.8) is 0 Å². The highest BCUT2D eigenvalue weighted by molar-refractivity contribution is 4.64. The molecule has 2 heteroatoms. The fraction of sp³-hybridized carbons (Fsp3) is 1.00. The molecule has 1 heterocycles. The van der Waals surface area contributed by atoms with Crippen LogP contribution in [0.3, 0.4) is 0 Å². The lowest BCUT2D eigenvalue weighted by Crippen LogP contribution is -2.33. The second-order valence-electron chi connectivity index (χ2n) is 1.64. The van der Waals surface area contributed by atoms with Gasteiger partial charge in [0.2, 0.25) is 0 Å². The van der Waals surface area contributed by atoms with Gasteiger partial charge in [-0.1, -0.05) is 27.7 Å². The summed E-state index contributed by atoms with van der Waals surface area (Å²) in [4.78, 5) is 0. The van der Waals surface area contributed by atoms with Crippen molar-refractivity contribution in [3.05, 3.63) is 0 Å². The van der Waals surface area contributed by atoms with Gasteiger partial charge in [0.25, 0.3) is 0 Å². The van der Waals surface area contributed by atoms with Crippen LogP contribution in [0.25, 0.3) is 0 Å². The number of rotatable bonds is 1. The van der Waals surface area contributed by atoms with Crippen LogP contribution in [0.5, 0.6) is 0 Å². The van der Waals surface area contributed by atoms with Crippen molar-refractivity contribution in [1.82, 2.24) is 0 Å². The number of hydrogen-bond acceptors (Lipinski definition) is 2. The summed E-state index contributed by atoms with van der Waals surface area (Å²) in [6, 6.07) is 0. The van der Waals surface area contributed by atoms with E-state index >= 15 is 0 Å². The second-order valence-corrected chi connectivity index (χ2v) is 1.64. The van der Waals surface area contributed by atoms with Crippen LogP contribution in [-0.2, 0) is 4.74 Å². The molecule has 0 aromatic rings. The first-order valence-electron chi connectivity index (χ1n) is 4.21. The van der Waals surface area contributed by atoms with Gasteiger partial charge in [-0.25, -0.2) is 0 Å². The van der Waals surface area contributed by atoms with E-state index in [1.54, 1.807) is 0 Å². The molecule has 0 atom stereocenters. The van der Waals surface area contributed by atoms with Crippen LogP contribution in [0.1, 0.15) is 27.7 Å². The topological polar surface area (TPSA) is 35.2 Å². The average molecular weight is 147 g/mol. The molecule has 1 aliphatic heterocycles. The summed E-state index contributed by atoms with van der Waals surface area (Å²) in [6.07, 6.45) is 0. The lowest BCUT2D eigenvalue weighted by Gasteiger charge is -2.23. The van der Waals surface area contributed by atoms with Crippen molar-refractivity contribution in [2.24, 2.45) is 11.7 Å². The zero-order valence-corrected chi connectivity index (χ0v) is 7.68. The van der Waals surface area contributed by atoms with E-state index in [1.807, 2.05) is 27.7 Å². The summed E-state index contributed by atoms with van der Waals surface area (Å²) in [5.74, 6) is 0.671. The first kappa shape index (κ1) is 12.6. The van der Waals surface area contributed by atoms with E-state index in [-0.39, 0.29) is 0 Å². The van der Waals surface area contributed by atoms with Gasteiger partial charge in [0.1, 0.15) is 0 Å². The second kappa shape index (κ2) is 11.7. The Balaban J connectivity index is 0. The standard InChI is InChI=1S/C4H9NO.2C2H6/c5-1-4-2-6-3-4;2*1-2/h4H,1-3,5H2;2*1-2H3. The molecule has 0 bridgehead atoms. The Bertz CT molecular complexity index is 41.8. The zero-order valence-electron chi connectivity index (χ0n) is 7.68. The fourth-order valence-corrected chi connectivity index (χ4v) is 0.421. The maximum absolute atomic E-state index is 5.25. The minimum absolute atomic E-state index is 0.671. The predicted octanol–water partition coefficient (Wildman–Crippen LogP) is 1.64. The predicted molar refractivity (Wildman–Crippen MR) is 46.1 cm³/mol. The SMILES string of the molecule is CC.CC.NCC1COC1. The van der Waals surface area contributed by atoms with Crippen LogP contribution in [0, 0.1) is 5.92 Å². The van der Waals surface area contributed by atoms with Crippen molar-refractivity contribution in [1.29, 1.82) is 0 Å². The monoisotopic (exact) mass is 147 g/mol. The van der Waals surface area contributed by atoms with Crippen LogP contribution in [0.2, 0.25) is 0 Å². The van der Waals surface area contributed by atoms with Crippen LogP contribution >= 0.6 is 0 Å². The summed E-state index contributed by atoms with van der Waals surface area (Å²) in [7, 11) is 0. The van der Waals surface area contributed by atoms with Crippen molar-refractivity contribution >= 4 is 0 Å². The third-order valence-electron chi connectivity index (χ3n) is 1.04. The highest BCUT2D eigenvalue weighted by atomic mass is 16.5. The van der Waals surface area contributed by atoms with E-state index in [4.69, 9.17) is 10.5 Å². The highest BCUT2D eigenvalue weighted by Gasteiger charge is 2.14. The minimum atomic E-state index is 0.671. The molecule has 1 saturated heterocycles. The molecule has 0 aromatic heterocycles. The molecule has 0 amide bonds. The van der Waals surface area contributed by atoms with E-state index in [0.29, 0.717) is 5.92 Å². The van der Waals surface area contributed by atoms with Crippen molar-refractivity contribution < 1.29 is 4.74 Å². The van der Waals surface area contributed by atoms with Crippen molar-refractivity contribution in [2.45, 2.75) is 27.7 Å². The highest BCUT2D eigenvalue weighted by Crippen LogP contribution is 2.05. The van der Waals surface area contributed by atoms with Gasteiger partial charge in [-0.05, 0) is 6.54 Å². The Hall–Kier alpha value is -0.0800. The minimum Gasteiger partial charge on any atom is -0.381 e. The van der Waals surface area contributed by atoms with Gasteiger partial charge in [0, 0.05) is 5.92 Å². The zero-order chi connectivity index (χ0) is 8.41. The van der Waals surface area contributed by atoms with E-state index < -0.39 is 0 Å². The summed E-state index contributed by atoms with van der Waals surface area (Å²) in [6.45, 7) is 10.6. The quantitative estimate of drug-likeness (QED) is 0.612. The third kappa shape index (κ3) is 6.05. The molecule has 1 fully saturated rings. The molecule has 1 aliphatic rings. The molecule has 0 aromatic carbocycles. The summed E-state index contributed by atoms with van der Waals surface area (Å²) >= 11 is 0. The molecular weight excluding hydrogens is 126 g/mol. The van der Waals surface area contributed by atoms with Crippen LogP contribution in [0.4, 0.5) is 0 Å². The number of nitrogens with two attached hydrogens (primary N) is 1. The molecule has 2 N–H and O–H groups in total. The van der Waals surface area contributed by atoms with E-state index in [9.17, 15) is 0 Å². The van der Waals surface area contributed by atoms with Gasteiger partial charge in [0.15, 0.2) is 0 Å². The molecule has 0 spiro atoms. The van der Waals surface area contributed by atoms with Crippen molar-refractivity contribution in [3.8, 4) is 0 Å². The Kier molecular flexibility index (Phi) is 14.7. The van der Waals surface area contributed by atoms with Gasteiger partial charge in [0.05, 0.1) is 13.2 Å². The molecule has 0 radical (unpaired) electrons. The van der Waals surface area contributed by atoms with Gasteiger partial charge in [-0.2, -0.15) is 0 Å². The van der Waals surface area contributed by atoms with Crippen molar-refractivity contribution in [2.75, 3.05) is 19.8 Å². The van der Waals surface area contributed by atoms with Gasteiger partial charge in [-0.3, -0.25) is 0 Å². The van der Waals surface area contributed by atoms with Gasteiger partial charge >= 0.3 is 0 Å². The van der Waals surface area contributed by atoms with Gasteiger partial charge in [-0.15, -0.1) is 0 Å². The van der Waals surface area contributed by atoms with Crippen LogP contribution in [-0.4, -0.2) is 19.8 Å². The molecule has 64 valence electrons. The van der Waals surface area contributed by atoms with E-state index in [2.05, 4.69) is 0 Å². The Labute approximate surface area is 64.8 Å². The normalized spacial score (nSPS) is 15.3. The van der Waals surface area contributed by atoms with E-state index in [1.165, 1.54) is 0 Å². The molecule has 2 nitrogen and oxygen atoms in total. The first-order chi connectivity index (χ1) is 4.93. The number of hydrogen-bond donors (Lipinski definition) is 1. The molecule has 1 rings (SSSR count). The van der Waals surface area contributed by atoms with Crippen LogP contribution < -0.4 is 5.73 Å². The Morgan fingerprint density at radius 2 is 1.60 bits per heavy atom. The largest absolute Gasteiger partial charge is 0.381 e. The summed E-state index contributed by atoms with van der Waals surface area (Å²) in [5.41, 5.74) is 5.25. The Morgan fingerprint density at radius 3 is 1.60 bits per heavy atom. The molecule has 0 saturated carbocycles. The molecule has 10 heavy (non-hydrogen) atoms. The lowest BCUT2D eigenvalue weighted by molar-refractivity contribution is -0.0268. The fourth-order valence-electron chi connectivity index (χ4n) is 0.421. The summed E-state index contributed by atoms with van der Waals surface area (Å²) < 4.78 is 4.85. The average Bonchev–Trinajstić information content (AvgIpc) is 1.95. The maximum Gasteiger partial charge on any atom is 0.0528 e. The van der Waals surface area contributed by atoms with Crippen LogP contribution in [0.15, 0.2) is 0 Å². The summed E-state index contributed by atoms with van der Waals surface area (Å²) in [5, 5.41) is 0. The van der Waals surface area contributed by atoms with E-state index in [0.717, 1.165) is 19.8 Å². The molecular formula is C8H21NO. The lowest BCUT2D eigenvalue weighted by atomic mass is 10.1. The number of ether oxygens (including phenoxy) is 1. The van der Waals surface area contributed by atoms with Gasteiger partial charge < -0.3 is 10.5 Å². The smallest absolute Gasteiger partial charge is 0.0528 e. The third-order valence-corrected chi connectivity index (χ3v) is 1.04. The first-order valence-corrected chi connectivity index (χ1v) is 4.21. The Morgan fingerprint density at radius 1 is 1.20 bits per heavy atom. The molecule has 0 aliphatic carbocycles. The maximum atomic E-state index is 5.25.